The Morgan fingerprint density at radius 2 is 2.14 bits per heavy atom. The molecule has 0 bridgehead atoms. The fourth-order valence-electron chi connectivity index (χ4n) is 3.73. The number of ketones is 1. The normalized spacial score (nSPS) is 16.1. The molecule has 0 amide bonds. The maximum Gasteiger partial charge on any atom is 0.208 e. The lowest BCUT2D eigenvalue weighted by Crippen LogP contribution is -2.19. The number of nitrogens with two attached hydrogens (primary N) is 1. The average molecular weight is 409 g/mol. The van der Waals surface area contributed by atoms with E-state index in [2.05, 4.69) is 47.2 Å². The number of nitrogen functional groups attached to an aromatic ring is 1. The molecule has 7 heteroatoms. The zero-order valence-corrected chi connectivity index (χ0v) is 17.6. The van der Waals surface area contributed by atoms with Crippen LogP contribution in [0.4, 0.5) is 5.82 Å². The van der Waals surface area contributed by atoms with E-state index in [1.165, 1.54) is 40.6 Å². The third-order valence-electron chi connectivity index (χ3n) is 5.10. The van der Waals surface area contributed by atoms with Crippen LogP contribution in [0.15, 0.2) is 36.8 Å². The lowest BCUT2D eigenvalue weighted by atomic mass is 9.91. The summed E-state index contributed by atoms with van der Waals surface area (Å²) in [6.07, 6.45) is 3.55. The van der Waals surface area contributed by atoms with Crippen LogP contribution >= 0.6 is 11.3 Å². The van der Waals surface area contributed by atoms with E-state index in [1.807, 2.05) is 13.0 Å². The molecule has 1 unspecified atom stereocenters. The number of benzene rings is 1. The van der Waals surface area contributed by atoms with Gasteiger partial charge in [-0.1, -0.05) is 18.2 Å². The van der Waals surface area contributed by atoms with Crippen LogP contribution in [-0.2, 0) is 17.7 Å². The van der Waals surface area contributed by atoms with Crippen LogP contribution in [0.5, 0.6) is 0 Å². The zero-order valence-electron chi connectivity index (χ0n) is 16.8. The lowest BCUT2D eigenvalue weighted by molar-refractivity contribution is 0.0696. The Labute approximate surface area is 174 Å². The van der Waals surface area contributed by atoms with E-state index in [0.717, 1.165) is 23.4 Å². The smallest absolute Gasteiger partial charge is 0.208 e. The molecule has 29 heavy (non-hydrogen) atoms. The van der Waals surface area contributed by atoms with Gasteiger partial charge in [-0.3, -0.25) is 4.79 Å². The van der Waals surface area contributed by atoms with Crippen molar-refractivity contribution in [2.24, 2.45) is 0 Å². The van der Waals surface area contributed by atoms with Crippen LogP contribution in [0.3, 0.4) is 0 Å². The number of rotatable bonds is 5. The van der Waals surface area contributed by atoms with Crippen molar-refractivity contribution in [2.75, 3.05) is 26.4 Å². The standard InChI is InChI=1S/C22H24N4O2S/c1-13-16(9-19(29-13)20(27)18-10-24-12-25-22(18)23)21-17-8-14(11-26(2)3)4-5-15(17)6-7-28-21/h4-5,8-10,12,21H,6-7,11H2,1-3H3,(H2,23,24,25). The van der Waals surface area contributed by atoms with Gasteiger partial charge in [0.25, 0.3) is 0 Å². The largest absolute Gasteiger partial charge is 0.383 e. The molecule has 4 rings (SSSR count). The molecule has 1 aliphatic rings. The molecule has 0 saturated heterocycles. The van der Waals surface area contributed by atoms with Crippen molar-refractivity contribution in [2.45, 2.75) is 26.0 Å². The van der Waals surface area contributed by atoms with Crippen LogP contribution in [0.1, 0.15) is 48.5 Å². The number of fused-ring (bicyclic) bond motifs is 1. The molecular formula is C22H24N4O2S. The second-order valence-corrected chi connectivity index (χ2v) is 8.80. The zero-order chi connectivity index (χ0) is 20.5. The molecule has 0 fully saturated rings. The number of ether oxygens (including phenoxy) is 1. The minimum Gasteiger partial charge on any atom is -0.383 e. The third kappa shape index (κ3) is 3.94. The highest BCUT2D eigenvalue weighted by Crippen LogP contribution is 2.38. The van der Waals surface area contributed by atoms with Gasteiger partial charge in [0.2, 0.25) is 5.78 Å². The topological polar surface area (TPSA) is 81.3 Å². The second kappa shape index (κ2) is 8.02. The van der Waals surface area contributed by atoms with E-state index in [9.17, 15) is 4.79 Å². The quantitative estimate of drug-likeness (QED) is 0.652. The molecule has 150 valence electrons. The van der Waals surface area contributed by atoms with Crippen LogP contribution in [-0.4, -0.2) is 41.4 Å². The summed E-state index contributed by atoms with van der Waals surface area (Å²) in [6.45, 7) is 3.57. The van der Waals surface area contributed by atoms with Crippen molar-refractivity contribution >= 4 is 22.9 Å². The predicted octanol–water partition coefficient (Wildman–Crippen LogP) is 3.38. The Balaban J connectivity index is 1.70. The van der Waals surface area contributed by atoms with Gasteiger partial charge in [-0.25, -0.2) is 9.97 Å². The summed E-state index contributed by atoms with van der Waals surface area (Å²) in [6, 6.07) is 8.57. The molecule has 3 heterocycles. The number of carbonyl (C=O) groups is 1. The molecule has 2 N–H and O–H groups in total. The molecule has 1 atom stereocenters. The highest BCUT2D eigenvalue weighted by atomic mass is 32.1. The second-order valence-electron chi connectivity index (χ2n) is 7.54. The van der Waals surface area contributed by atoms with Crippen molar-refractivity contribution in [1.82, 2.24) is 14.9 Å². The molecule has 1 aliphatic heterocycles. The van der Waals surface area contributed by atoms with E-state index in [-0.39, 0.29) is 17.7 Å². The third-order valence-corrected chi connectivity index (χ3v) is 6.16. The summed E-state index contributed by atoms with van der Waals surface area (Å²) >= 11 is 1.46. The predicted molar refractivity (Wildman–Crippen MR) is 114 cm³/mol. The molecular weight excluding hydrogens is 384 g/mol. The highest BCUT2D eigenvalue weighted by Gasteiger charge is 2.27. The molecule has 0 aliphatic carbocycles. The molecule has 1 aromatic carbocycles. The first kappa shape index (κ1) is 19.7. The van der Waals surface area contributed by atoms with Crippen molar-refractivity contribution in [3.8, 4) is 0 Å². The van der Waals surface area contributed by atoms with Gasteiger partial charge in [0.05, 0.1) is 17.0 Å². The monoisotopic (exact) mass is 408 g/mol. The van der Waals surface area contributed by atoms with Crippen molar-refractivity contribution in [1.29, 1.82) is 0 Å². The Hall–Kier alpha value is -2.61. The van der Waals surface area contributed by atoms with Gasteiger partial charge in [0.1, 0.15) is 18.2 Å². The van der Waals surface area contributed by atoms with Crippen LogP contribution in [0.2, 0.25) is 0 Å². The molecule has 0 saturated carbocycles. The number of hydrogen-bond donors (Lipinski definition) is 1. The number of aryl methyl sites for hydroxylation is 1. The van der Waals surface area contributed by atoms with E-state index in [1.54, 1.807) is 0 Å². The van der Waals surface area contributed by atoms with E-state index in [4.69, 9.17) is 10.5 Å². The highest BCUT2D eigenvalue weighted by molar-refractivity contribution is 7.14. The number of nitrogens with zero attached hydrogens (tertiary/aromatic N) is 3. The molecule has 6 nitrogen and oxygen atoms in total. The van der Waals surface area contributed by atoms with Gasteiger partial charge in [-0.2, -0.15) is 0 Å². The number of anilines is 1. The summed E-state index contributed by atoms with van der Waals surface area (Å²) in [5.74, 6) is 0.0463. The summed E-state index contributed by atoms with van der Waals surface area (Å²) in [5.41, 5.74) is 11.0. The van der Waals surface area contributed by atoms with E-state index < -0.39 is 0 Å². The fourth-order valence-corrected chi connectivity index (χ4v) is 4.73. The Morgan fingerprint density at radius 1 is 1.31 bits per heavy atom. The van der Waals surface area contributed by atoms with Gasteiger partial charge >= 0.3 is 0 Å². The first-order valence-corrected chi connectivity index (χ1v) is 10.3. The van der Waals surface area contributed by atoms with Gasteiger partial charge in [0, 0.05) is 17.6 Å². The van der Waals surface area contributed by atoms with Gasteiger partial charge in [-0.05, 0) is 55.8 Å². The number of thiophene rings is 1. The minimum absolute atomic E-state index is 0.153. The van der Waals surface area contributed by atoms with Crippen LogP contribution in [0, 0.1) is 6.92 Å². The molecule has 3 aromatic rings. The average Bonchev–Trinajstić information content (AvgIpc) is 3.08. The van der Waals surface area contributed by atoms with Gasteiger partial charge in [0.15, 0.2) is 0 Å². The van der Waals surface area contributed by atoms with E-state index in [0.29, 0.717) is 17.0 Å². The molecule has 0 radical (unpaired) electrons. The number of aromatic nitrogens is 2. The maximum absolute atomic E-state index is 12.9. The minimum atomic E-state index is -0.164. The Bertz CT molecular complexity index is 1060. The molecule has 0 spiro atoms. The summed E-state index contributed by atoms with van der Waals surface area (Å²) in [4.78, 5) is 24.7. The lowest BCUT2D eigenvalue weighted by Gasteiger charge is -2.27. The first-order valence-electron chi connectivity index (χ1n) is 9.52. The number of hydrogen-bond acceptors (Lipinski definition) is 7. The summed E-state index contributed by atoms with van der Waals surface area (Å²) in [7, 11) is 4.13. The first-order chi connectivity index (χ1) is 13.9. The summed E-state index contributed by atoms with van der Waals surface area (Å²) in [5, 5.41) is 0. The molecule has 2 aromatic heterocycles. The van der Waals surface area contributed by atoms with Crippen LogP contribution in [0.25, 0.3) is 0 Å². The van der Waals surface area contributed by atoms with Crippen molar-refractivity contribution in [3.63, 3.8) is 0 Å². The fraction of sp³-hybridized carbons (Fsp3) is 0.318. The van der Waals surface area contributed by atoms with E-state index >= 15 is 0 Å². The van der Waals surface area contributed by atoms with Crippen molar-refractivity contribution < 1.29 is 9.53 Å². The van der Waals surface area contributed by atoms with Crippen LogP contribution < -0.4 is 5.73 Å². The Kier molecular flexibility index (Phi) is 5.45. The van der Waals surface area contributed by atoms with Crippen molar-refractivity contribution in [3.05, 3.63) is 74.4 Å². The summed E-state index contributed by atoms with van der Waals surface area (Å²) < 4.78 is 6.19. The number of carbonyl (C=O) groups excluding carboxylic acids is 1. The Morgan fingerprint density at radius 3 is 2.90 bits per heavy atom. The van der Waals surface area contributed by atoms with Gasteiger partial charge < -0.3 is 15.4 Å². The SMILES string of the molecule is Cc1sc(C(=O)c2cncnc2N)cc1C1OCCc2ccc(CN(C)C)cc21. The maximum atomic E-state index is 12.9. The van der Waals surface area contributed by atoms with Gasteiger partial charge in [-0.15, -0.1) is 11.3 Å².